The Morgan fingerprint density at radius 1 is 1.50 bits per heavy atom. The van der Waals surface area contributed by atoms with Crippen LogP contribution in [0.25, 0.3) is 0 Å². The number of nitrogens with zero attached hydrogens (tertiary/aromatic N) is 1. The average molecular weight is 275 g/mol. The number of benzene rings is 1. The summed E-state index contributed by atoms with van der Waals surface area (Å²) in [5, 5.41) is 6.26. The van der Waals surface area contributed by atoms with E-state index in [1.165, 1.54) is 5.56 Å². The van der Waals surface area contributed by atoms with E-state index in [1.54, 1.807) is 11.9 Å². The molecule has 2 amide bonds. The normalized spacial score (nSPS) is 23.4. The van der Waals surface area contributed by atoms with E-state index in [-0.39, 0.29) is 18.2 Å². The van der Waals surface area contributed by atoms with Crippen molar-refractivity contribution in [3.63, 3.8) is 0 Å². The van der Waals surface area contributed by atoms with E-state index in [9.17, 15) is 4.79 Å². The molecule has 2 N–H and O–H groups in total. The molecule has 0 aliphatic carbocycles. The Morgan fingerprint density at radius 2 is 2.35 bits per heavy atom. The van der Waals surface area contributed by atoms with Gasteiger partial charge in [0.2, 0.25) is 0 Å². The van der Waals surface area contributed by atoms with Gasteiger partial charge in [-0.3, -0.25) is 0 Å². The molecule has 20 heavy (non-hydrogen) atoms. The molecule has 1 fully saturated rings. The maximum atomic E-state index is 11.6. The Hall–Kier alpha value is -1.59. The molecule has 2 unspecified atom stereocenters. The van der Waals surface area contributed by atoms with Crippen molar-refractivity contribution in [3.8, 4) is 0 Å². The summed E-state index contributed by atoms with van der Waals surface area (Å²) < 4.78 is 5.80. The van der Waals surface area contributed by atoms with Gasteiger partial charge >= 0.3 is 6.03 Å². The first-order valence-electron chi connectivity index (χ1n) is 7.13. The number of likely N-dealkylation sites (N-methyl/N-ethyl adjacent to an activating group) is 1. The summed E-state index contributed by atoms with van der Waals surface area (Å²) in [5.41, 5.74) is 3.30. The molecule has 0 bridgehead atoms. The van der Waals surface area contributed by atoms with Crippen molar-refractivity contribution >= 4 is 11.7 Å². The fourth-order valence-electron chi connectivity index (χ4n) is 3.03. The molecule has 0 aromatic heterocycles. The van der Waals surface area contributed by atoms with Gasteiger partial charge in [0.15, 0.2) is 0 Å². The van der Waals surface area contributed by atoms with E-state index in [0.717, 1.165) is 30.7 Å². The first-order valence-corrected chi connectivity index (χ1v) is 7.13. The lowest BCUT2D eigenvalue weighted by Gasteiger charge is -2.28. The number of rotatable bonds is 3. The van der Waals surface area contributed by atoms with Gasteiger partial charge in [0, 0.05) is 25.9 Å². The minimum absolute atomic E-state index is 0.0467. The largest absolute Gasteiger partial charge is 0.376 e. The van der Waals surface area contributed by atoms with E-state index in [2.05, 4.69) is 22.8 Å². The van der Waals surface area contributed by atoms with Crippen molar-refractivity contribution in [2.75, 3.05) is 26.0 Å². The molecule has 108 valence electrons. The molecule has 5 heteroatoms. The number of hydrogen-bond acceptors (Lipinski definition) is 3. The number of amides is 2. The monoisotopic (exact) mass is 275 g/mol. The zero-order valence-corrected chi connectivity index (χ0v) is 12.0. The molecule has 0 saturated carbocycles. The quantitative estimate of drug-likeness (QED) is 0.888. The Balaban J connectivity index is 1.87. The minimum atomic E-state index is -0.0467. The number of anilines is 1. The van der Waals surface area contributed by atoms with Gasteiger partial charge in [-0.05, 0) is 37.1 Å². The molecule has 0 spiro atoms. The van der Waals surface area contributed by atoms with Gasteiger partial charge in [0.05, 0.1) is 12.1 Å². The highest BCUT2D eigenvalue weighted by Gasteiger charge is 2.27. The smallest absolute Gasteiger partial charge is 0.321 e. The Kier molecular flexibility index (Phi) is 3.63. The summed E-state index contributed by atoms with van der Waals surface area (Å²) in [6, 6.07) is 6.41. The summed E-state index contributed by atoms with van der Waals surface area (Å²) in [6.45, 7) is 1.50. The maximum Gasteiger partial charge on any atom is 0.321 e. The predicted octanol–water partition coefficient (Wildman–Crippen LogP) is 2.10. The molecular formula is C15H21N3O2. The van der Waals surface area contributed by atoms with Crippen LogP contribution in [0.3, 0.4) is 0 Å². The van der Waals surface area contributed by atoms with Gasteiger partial charge < -0.3 is 20.3 Å². The zero-order valence-electron chi connectivity index (χ0n) is 12.0. The van der Waals surface area contributed by atoms with Crippen LogP contribution in [0.4, 0.5) is 10.5 Å². The summed E-state index contributed by atoms with van der Waals surface area (Å²) in [4.78, 5) is 13.3. The van der Waals surface area contributed by atoms with Crippen molar-refractivity contribution in [1.29, 1.82) is 0 Å². The van der Waals surface area contributed by atoms with Gasteiger partial charge in [0.1, 0.15) is 0 Å². The van der Waals surface area contributed by atoms with Crippen LogP contribution in [0.1, 0.15) is 30.0 Å². The highest BCUT2D eigenvalue weighted by molar-refractivity contribution is 5.92. The minimum Gasteiger partial charge on any atom is -0.376 e. The van der Waals surface area contributed by atoms with Crippen LogP contribution in [0.2, 0.25) is 0 Å². The first kappa shape index (κ1) is 13.4. The lowest BCUT2D eigenvalue weighted by atomic mass is 9.96. The summed E-state index contributed by atoms with van der Waals surface area (Å²) in [6.07, 6.45) is 2.47. The second kappa shape index (κ2) is 5.42. The lowest BCUT2D eigenvalue weighted by Crippen LogP contribution is -2.36. The topological polar surface area (TPSA) is 53.6 Å². The van der Waals surface area contributed by atoms with Crippen LogP contribution >= 0.6 is 0 Å². The van der Waals surface area contributed by atoms with Gasteiger partial charge in [-0.2, -0.15) is 0 Å². The molecule has 2 aliphatic rings. The molecular weight excluding hydrogens is 254 g/mol. The molecule has 0 radical (unpaired) electrons. The average Bonchev–Trinajstić information content (AvgIpc) is 2.95. The van der Waals surface area contributed by atoms with Crippen LogP contribution in [0.5, 0.6) is 0 Å². The summed E-state index contributed by atoms with van der Waals surface area (Å²) >= 11 is 0. The van der Waals surface area contributed by atoms with Crippen LogP contribution in [-0.4, -0.2) is 37.7 Å². The van der Waals surface area contributed by atoms with Crippen LogP contribution < -0.4 is 10.6 Å². The maximum absolute atomic E-state index is 11.6. The van der Waals surface area contributed by atoms with E-state index in [0.29, 0.717) is 6.54 Å². The molecule has 2 atom stereocenters. The van der Waals surface area contributed by atoms with Gasteiger partial charge in [0.25, 0.3) is 0 Å². The summed E-state index contributed by atoms with van der Waals surface area (Å²) in [7, 11) is 3.78. The Morgan fingerprint density at radius 3 is 3.05 bits per heavy atom. The van der Waals surface area contributed by atoms with Crippen molar-refractivity contribution in [3.05, 3.63) is 29.3 Å². The fraction of sp³-hybridized carbons (Fsp3) is 0.533. The number of nitrogens with one attached hydrogen (secondary N) is 2. The number of urea groups is 1. The lowest BCUT2D eigenvalue weighted by molar-refractivity contribution is 0.0807. The van der Waals surface area contributed by atoms with Gasteiger partial charge in [-0.1, -0.05) is 12.1 Å². The number of carbonyl (C=O) groups excluding carboxylic acids is 1. The van der Waals surface area contributed by atoms with Crippen molar-refractivity contribution in [2.24, 2.45) is 0 Å². The zero-order chi connectivity index (χ0) is 14.1. The molecule has 1 aromatic rings. The van der Waals surface area contributed by atoms with Gasteiger partial charge in [-0.25, -0.2) is 4.79 Å². The number of carbonyl (C=O) groups is 1. The predicted molar refractivity (Wildman–Crippen MR) is 77.7 cm³/mol. The van der Waals surface area contributed by atoms with Crippen LogP contribution in [0, 0.1) is 0 Å². The van der Waals surface area contributed by atoms with Crippen LogP contribution in [0.15, 0.2) is 18.2 Å². The number of fused-ring (bicyclic) bond motifs is 1. The second-order valence-corrected chi connectivity index (χ2v) is 5.52. The molecule has 1 aromatic carbocycles. The summed E-state index contributed by atoms with van der Waals surface area (Å²) in [5.74, 6) is 0. The SMILES string of the molecule is CNC(c1ccc2c(c1)CN(C)C(=O)N2)C1CCCO1. The first-order chi connectivity index (χ1) is 9.69. The van der Waals surface area contributed by atoms with E-state index >= 15 is 0 Å². The second-order valence-electron chi connectivity index (χ2n) is 5.52. The van der Waals surface area contributed by atoms with Crippen molar-refractivity contribution in [1.82, 2.24) is 10.2 Å². The number of ether oxygens (including phenoxy) is 1. The van der Waals surface area contributed by atoms with Crippen LogP contribution in [-0.2, 0) is 11.3 Å². The highest BCUT2D eigenvalue weighted by atomic mass is 16.5. The third-order valence-electron chi connectivity index (χ3n) is 4.13. The van der Waals surface area contributed by atoms with Gasteiger partial charge in [-0.15, -0.1) is 0 Å². The number of hydrogen-bond donors (Lipinski definition) is 2. The van der Waals surface area contributed by atoms with E-state index in [1.807, 2.05) is 13.1 Å². The molecule has 2 heterocycles. The molecule has 1 saturated heterocycles. The third-order valence-corrected chi connectivity index (χ3v) is 4.13. The molecule has 5 nitrogen and oxygen atoms in total. The van der Waals surface area contributed by atoms with Crippen molar-refractivity contribution < 1.29 is 9.53 Å². The standard InChI is InChI=1S/C15H21N3O2/c1-16-14(13-4-3-7-20-13)10-5-6-12-11(8-10)9-18(2)15(19)17-12/h5-6,8,13-14,16H,3-4,7,9H2,1-2H3,(H,17,19). The molecule has 2 aliphatic heterocycles. The van der Waals surface area contributed by atoms with E-state index < -0.39 is 0 Å². The Labute approximate surface area is 119 Å². The van der Waals surface area contributed by atoms with Crippen molar-refractivity contribution in [2.45, 2.75) is 31.5 Å². The Bertz CT molecular complexity index is 512. The fourth-order valence-corrected chi connectivity index (χ4v) is 3.03. The third kappa shape index (κ3) is 2.39. The highest BCUT2D eigenvalue weighted by Crippen LogP contribution is 2.30. The molecule has 3 rings (SSSR count). The van der Waals surface area contributed by atoms with E-state index in [4.69, 9.17) is 4.74 Å².